The summed E-state index contributed by atoms with van der Waals surface area (Å²) in [5.74, 6) is 1.08. The molecule has 0 atom stereocenters. The molecule has 1 aliphatic carbocycles. The van der Waals surface area contributed by atoms with Gasteiger partial charge in [0.2, 0.25) is 0 Å². The summed E-state index contributed by atoms with van der Waals surface area (Å²) in [7, 11) is -8.20. The molecule has 4 nitrogen and oxygen atoms in total. The number of thioether (sulfide) groups is 1. The van der Waals surface area contributed by atoms with Crippen molar-refractivity contribution >= 4 is 38.0 Å². The Hall–Kier alpha value is 0.0700. The predicted octanol–water partition coefficient (Wildman–Crippen LogP) is 3.08. The third kappa shape index (κ3) is 4.33. The van der Waals surface area contributed by atoms with E-state index in [1.54, 1.807) is 11.8 Å². The average Bonchev–Trinajstić information content (AvgIpc) is 2.91. The molecule has 0 amide bonds. The quantitative estimate of drug-likeness (QED) is 0.686. The van der Waals surface area contributed by atoms with Crippen molar-refractivity contribution in [3.05, 3.63) is 0 Å². The maximum Gasteiger partial charge on any atom is 0.523 e. The van der Waals surface area contributed by atoms with E-state index in [1.165, 1.54) is 0 Å². The van der Waals surface area contributed by atoms with E-state index in [0.29, 0.717) is 11.5 Å². The molecule has 1 aliphatic heterocycles. The van der Waals surface area contributed by atoms with Gasteiger partial charge in [-0.25, -0.2) is 3.63 Å². The lowest BCUT2D eigenvalue weighted by atomic mass is 10.0. The number of alkyl halides is 3. The molecule has 0 aromatic heterocycles. The van der Waals surface area contributed by atoms with Gasteiger partial charge < -0.3 is 0 Å². The Morgan fingerprint density at radius 3 is 2.23 bits per heavy atom. The fourth-order valence-electron chi connectivity index (χ4n) is 2.72. The molecule has 0 bridgehead atoms. The van der Waals surface area contributed by atoms with Crippen molar-refractivity contribution in [3.63, 3.8) is 0 Å². The predicted molar refractivity (Wildman–Crippen MR) is 82.5 cm³/mol. The molecule has 0 spiro atoms. The maximum atomic E-state index is 12.6. The first-order valence-corrected chi connectivity index (χ1v) is 11.7. The highest BCUT2D eigenvalue weighted by molar-refractivity contribution is 8.34. The normalized spacial score (nSPS) is 25.0. The zero-order valence-corrected chi connectivity index (χ0v) is 14.4. The zero-order valence-electron chi connectivity index (χ0n) is 11.9. The largest absolute Gasteiger partial charge is 0.523 e. The van der Waals surface area contributed by atoms with E-state index in [1.807, 2.05) is 0 Å². The first kappa shape index (κ1) is 18.4. The summed E-state index contributed by atoms with van der Waals surface area (Å²) in [6.45, 7) is 0. The third-order valence-electron chi connectivity index (χ3n) is 3.93. The van der Waals surface area contributed by atoms with Gasteiger partial charge in [-0.15, -0.1) is 10.3 Å². The van der Waals surface area contributed by atoms with Gasteiger partial charge in [0, 0.05) is 28.9 Å². The van der Waals surface area contributed by atoms with E-state index in [4.69, 9.17) is 0 Å². The van der Waals surface area contributed by atoms with E-state index in [2.05, 4.69) is 3.63 Å². The number of halogens is 3. The van der Waals surface area contributed by atoms with Crippen molar-refractivity contribution < 1.29 is 30.0 Å². The van der Waals surface area contributed by atoms with Gasteiger partial charge in [0.05, 0.1) is 5.75 Å². The molecule has 0 aromatic carbocycles. The minimum Gasteiger partial charge on any atom is -0.298 e. The van der Waals surface area contributed by atoms with Gasteiger partial charge in [-0.3, -0.25) is 4.79 Å². The van der Waals surface area contributed by atoms with Crippen molar-refractivity contribution in [2.75, 3.05) is 28.8 Å². The van der Waals surface area contributed by atoms with Crippen LogP contribution in [-0.4, -0.2) is 48.5 Å². The highest BCUT2D eigenvalue weighted by Crippen LogP contribution is 2.55. The summed E-state index contributed by atoms with van der Waals surface area (Å²) in [4.78, 5) is 12.3. The van der Waals surface area contributed by atoms with Crippen LogP contribution in [0.2, 0.25) is 0 Å². The Kier molecular flexibility index (Phi) is 5.77. The molecule has 0 radical (unpaired) electrons. The van der Waals surface area contributed by atoms with Crippen LogP contribution in [0.5, 0.6) is 0 Å². The highest BCUT2D eigenvalue weighted by atomic mass is 32.3. The summed E-state index contributed by atoms with van der Waals surface area (Å²) >= 11 is 1.54. The van der Waals surface area contributed by atoms with Gasteiger partial charge in [0.25, 0.3) is 0 Å². The number of ketones is 1. The van der Waals surface area contributed by atoms with Crippen molar-refractivity contribution in [3.8, 4) is 0 Å². The highest BCUT2D eigenvalue weighted by Gasteiger charge is 2.51. The van der Waals surface area contributed by atoms with Gasteiger partial charge in [-0.05, 0) is 12.8 Å². The molecule has 1 saturated heterocycles. The number of hydrogen-bond donors (Lipinski definition) is 0. The Balaban J connectivity index is 2.15. The van der Waals surface area contributed by atoms with E-state index in [0.717, 1.165) is 25.7 Å². The van der Waals surface area contributed by atoms with Gasteiger partial charge in [-0.1, -0.05) is 12.8 Å². The van der Waals surface area contributed by atoms with Crippen LogP contribution in [0.25, 0.3) is 0 Å². The standard InChI is InChI=1S/C12H19F3O4S3/c13-12(14,15)22(17,18)19-21(7-5-20-6-8-21)9-11(16)10-3-1-2-4-10/h10H,1-9H2. The van der Waals surface area contributed by atoms with Crippen molar-refractivity contribution in [1.82, 2.24) is 0 Å². The zero-order chi connectivity index (χ0) is 16.4. The third-order valence-corrected chi connectivity index (χ3v) is 10.6. The lowest BCUT2D eigenvalue weighted by Gasteiger charge is -2.41. The van der Waals surface area contributed by atoms with Crippen LogP contribution in [-0.2, 0) is 18.5 Å². The molecule has 10 heteroatoms. The van der Waals surface area contributed by atoms with E-state index in [-0.39, 0.29) is 29.0 Å². The summed E-state index contributed by atoms with van der Waals surface area (Å²) in [6, 6.07) is 0. The number of rotatable bonds is 5. The van der Waals surface area contributed by atoms with Crippen LogP contribution in [0.15, 0.2) is 0 Å². The van der Waals surface area contributed by atoms with Crippen molar-refractivity contribution in [1.29, 1.82) is 0 Å². The Morgan fingerprint density at radius 1 is 1.18 bits per heavy atom. The molecule has 1 heterocycles. The summed E-state index contributed by atoms with van der Waals surface area (Å²) in [6.07, 6.45) is 3.37. The second-order valence-corrected chi connectivity index (χ2v) is 11.7. The Bertz CT molecular complexity index is 506. The van der Waals surface area contributed by atoms with Gasteiger partial charge in [-0.2, -0.15) is 33.4 Å². The second-order valence-electron chi connectivity index (χ2n) is 5.55. The first-order chi connectivity index (χ1) is 10.2. The maximum absolute atomic E-state index is 12.6. The molecular weight excluding hydrogens is 361 g/mol. The smallest absolute Gasteiger partial charge is 0.298 e. The summed E-state index contributed by atoms with van der Waals surface area (Å²) < 4.78 is 65.2. The van der Waals surface area contributed by atoms with Crippen LogP contribution < -0.4 is 0 Å². The van der Waals surface area contributed by atoms with E-state index < -0.39 is 25.9 Å². The monoisotopic (exact) mass is 380 g/mol. The Morgan fingerprint density at radius 2 is 1.73 bits per heavy atom. The minimum atomic E-state index is -5.65. The summed E-state index contributed by atoms with van der Waals surface area (Å²) in [5, 5.41) is 0. The topological polar surface area (TPSA) is 60.4 Å². The molecule has 2 rings (SSSR count). The number of Topliss-reactive ketones (excluding diaryl/α,β-unsaturated/α-hetero) is 1. The molecule has 2 aliphatic rings. The van der Waals surface area contributed by atoms with E-state index in [9.17, 15) is 26.4 Å². The SMILES string of the molecule is O=C(CS1(OS(=O)(=O)C(F)(F)F)CCSCC1)C1CCCC1. The number of carbonyl (C=O) groups excluding carboxylic acids is 1. The fourth-order valence-corrected chi connectivity index (χ4v) is 10.1. The first-order valence-electron chi connectivity index (χ1n) is 7.04. The average molecular weight is 380 g/mol. The van der Waals surface area contributed by atoms with Gasteiger partial charge >= 0.3 is 15.6 Å². The molecule has 2 fully saturated rings. The minimum absolute atomic E-state index is 0.128. The molecule has 0 aromatic rings. The van der Waals surface area contributed by atoms with Crippen LogP contribution in [0, 0.1) is 5.92 Å². The lowest BCUT2D eigenvalue weighted by molar-refractivity contribution is -0.120. The molecular formula is C12H19F3O4S3. The molecule has 22 heavy (non-hydrogen) atoms. The Labute approximate surface area is 134 Å². The van der Waals surface area contributed by atoms with Gasteiger partial charge in [0.15, 0.2) is 0 Å². The van der Waals surface area contributed by atoms with Crippen LogP contribution >= 0.6 is 22.1 Å². The fraction of sp³-hybridized carbons (Fsp3) is 0.917. The number of hydrogen-bond acceptors (Lipinski definition) is 5. The van der Waals surface area contributed by atoms with Crippen LogP contribution in [0.1, 0.15) is 25.7 Å². The van der Waals surface area contributed by atoms with Gasteiger partial charge in [0.1, 0.15) is 5.78 Å². The van der Waals surface area contributed by atoms with Crippen molar-refractivity contribution in [2.24, 2.45) is 5.92 Å². The van der Waals surface area contributed by atoms with Crippen LogP contribution in [0.3, 0.4) is 0 Å². The van der Waals surface area contributed by atoms with Crippen molar-refractivity contribution in [2.45, 2.75) is 31.2 Å². The molecule has 130 valence electrons. The second kappa shape index (κ2) is 6.90. The van der Waals surface area contributed by atoms with E-state index >= 15 is 0 Å². The molecule has 0 N–H and O–H groups in total. The number of carbonyl (C=O) groups is 1. The lowest BCUT2D eigenvalue weighted by Crippen LogP contribution is -2.35. The van der Waals surface area contributed by atoms with Crippen LogP contribution in [0.4, 0.5) is 13.2 Å². The molecule has 0 unspecified atom stereocenters. The molecule has 1 saturated carbocycles. The summed E-state index contributed by atoms with van der Waals surface area (Å²) in [5.41, 5.74) is -5.44.